The van der Waals surface area contributed by atoms with Crippen molar-refractivity contribution in [3.05, 3.63) is 54.6 Å². The molecule has 35 heteroatoms. The van der Waals surface area contributed by atoms with Crippen LogP contribution < -0.4 is 10.5 Å². The summed E-state index contributed by atoms with van der Waals surface area (Å²) in [5, 5.41) is 25.1. The molecule has 4 radical (unpaired) electrons. The fourth-order valence-electron chi connectivity index (χ4n) is 4.71. The molecule has 0 unspecified atom stereocenters. The number of sulfone groups is 2. The van der Waals surface area contributed by atoms with Gasteiger partial charge < -0.3 is 15.6 Å². The van der Waals surface area contributed by atoms with Crippen LogP contribution in [0.15, 0.2) is 94.6 Å². The van der Waals surface area contributed by atoms with Gasteiger partial charge in [-0.1, -0.05) is 0 Å². The molecule has 25 nitrogen and oxygen atoms in total. The van der Waals surface area contributed by atoms with Gasteiger partial charge in [0.1, 0.15) is 32.6 Å². The van der Waals surface area contributed by atoms with E-state index in [0.717, 1.165) is 49.6 Å². The minimum absolute atomic E-state index is 0. The van der Waals surface area contributed by atoms with E-state index in [2.05, 4.69) is 28.8 Å². The first-order valence-corrected chi connectivity index (χ1v) is 23.8. The number of benzene rings is 4. The van der Waals surface area contributed by atoms with Crippen molar-refractivity contribution >= 4 is 218 Å². The molecule has 0 saturated heterocycles. The molecular weight excluding hydrogens is 999 g/mol. The molecule has 4 aromatic carbocycles. The van der Waals surface area contributed by atoms with Crippen LogP contribution in [0.1, 0.15) is 0 Å². The number of nitrogens with zero attached hydrogens (tertiary/aromatic N) is 4. The summed E-state index contributed by atoms with van der Waals surface area (Å²) < 4.78 is 194. The maximum atomic E-state index is 12.8. The van der Waals surface area contributed by atoms with Crippen molar-refractivity contribution < 1.29 is 86.9 Å². The van der Waals surface area contributed by atoms with Crippen molar-refractivity contribution in [1.29, 1.82) is 0 Å². The number of fused-ring (bicyclic) bond motifs is 1. The zero-order valence-electron chi connectivity index (χ0n) is 32.7. The van der Waals surface area contributed by atoms with Gasteiger partial charge in [-0.2, -0.15) is 38.8 Å². The number of rotatable bonds is 17. The van der Waals surface area contributed by atoms with E-state index in [-0.39, 0.29) is 135 Å². The molecule has 0 amide bonds. The van der Waals surface area contributed by atoms with Crippen molar-refractivity contribution in [3.8, 4) is 11.5 Å². The molecule has 0 spiro atoms. The number of anilines is 1. The largest absolute Gasteiger partial charge is 0.505 e. The Bertz CT molecular complexity index is 3050. The summed E-state index contributed by atoms with van der Waals surface area (Å²) in [5.74, 6) is -3.23. The summed E-state index contributed by atoms with van der Waals surface area (Å²) in [6.07, 6.45) is 0. The maximum Gasteiger partial charge on any atom is 0.397 e. The summed E-state index contributed by atoms with van der Waals surface area (Å²) in [4.78, 5) is -3.20. The van der Waals surface area contributed by atoms with Gasteiger partial charge in [-0.25, -0.2) is 25.2 Å². The van der Waals surface area contributed by atoms with Gasteiger partial charge in [0.2, 0.25) is 0 Å². The Hall–Kier alpha value is -0.800. The van der Waals surface area contributed by atoms with Crippen LogP contribution in [0.4, 0.5) is 28.4 Å². The van der Waals surface area contributed by atoms with E-state index in [4.69, 9.17) is 19.6 Å². The molecule has 4 rings (SSSR count). The quantitative estimate of drug-likeness (QED) is 0.0373. The van der Waals surface area contributed by atoms with Crippen LogP contribution in [-0.2, 0) is 69.1 Å². The van der Waals surface area contributed by atoms with E-state index in [9.17, 15) is 64.7 Å². The Morgan fingerprint density at radius 3 is 1.47 bits per heavy atom. The molecule has 0 aliphatic heterocycles. The van der Waals surface area contributed by atoms with Crippen LogP contribution in [0, 0.1) is 0 Å². The molecule has 320 valence electrons. The number of phenolic OH excluding ortho intramolecular Hbond substituents is 1. The van der Waals surface area contributed by atoms with Crippen molar-refractivity contribution in [2.24, 2.45) is 20.5 Å². The number of hydrogen-bond donors (Lipinski definition) is 6. The summed E-state index contributed by atoms with van der Waals surface area (Å²) >= 11 is 0. The Kier molecular flexibility index (Phi) is 23.5. The number of ether oxygens (including phenoxy) is 1. The number of azo groups is 2. The van der Waals surface area contributed by atoms with Gasteiger partial charge in [-0.15, -0.1) is 15.3 Å². The first-order valence-electron chi connectivity index (χ1n) is 14.9. The van der Waals surface area contributed by atoms with E-state index < -0.39 is 139 Å². The van der Waals surface area contributed by atoms with Crippen molar-refractivity contribution in [2.45, 2.75) is 19.6 Å². The van der Waals surface area contributed by atoms with Crippen LogP contribution in [0.3, 0.4) is 0 Å². The van der Waals surface area contributed by atoms with Gasteiger partial charge >= 0.3 is 20.8 Å². The monoisotopic (exact) mass is 1020 g/mol. The summed E-state index contributed by atoms with van der Waals surface area (Å²) in [6, 6.07) is 8.17. The minimum Gasteiger partial charge on any atom is -0.505 e. The maximum absolute atomic E-state index is 12.8. The Morgan fingerprint density at radius 2 is 1.02 bits per heavy atom. The normalized spacial score (nSPS) is 12.6. The molecule has 0 atom stereocenters. The number of nitrogen functional groups attached to an aromatic ring is 1. The molecule has 0 heterocycles. The van der Waals surface area contributed by atoms with Crippen LogP contribution in [0.25, 0.3) is 10.8 Å². The van der Waals surface area contributed by atoms with Crippen LogP contribution in [0.5, 0.6) is 11.5 Å². The third kappa shape index (κ3) is 16.5. The molecule has 0 fully saturated rings. The fraction of sp³-hybridized carbons (Fsp3) is 0.185. The predicted octanol–water partition coefficient (Wildman–Crippen LogP) is 1.12. The van der Waals surface area contributed by atoms with Crippen LogP contribution in [0.2, 0.25) is 0 Å². The first kappa shape index (κ1) is 61.2. The van der Waals surface area contributed by atoms with E-state index in [1.807, 2.05) is 0 Å². The van der Waals surface area contributed by atoms with Gasteiger partial charge in [0.25, 0.3) is 20.2 Å². The SMILES string of the molecule is COc1ccc(S(=O)(=O)CCOS(=O)(=O)O)cc1N=Nc1c(S(=O)(=O)O)cc2cc(S(=O)(=O)O)c(N=Nc3ccc(S(=O)(=O)CCOS(=O)(=O)O)cc3)c(N)c2c1O.[Na].[Na].[Na].[Na]. The molecule has 0 aliphatic carbocycles. The summed E-state index contributed by atoms with van der Waals surface area (Å²) in [7, 11) is -28.0. The second kappa shape index (κ2) is 23.8. The average Bonchev–Trinajstić information content (AvgIpc) is 3.08. The van der Waals surface area contributed by atoms with Gasteiger partial charge in [0, 0.05) is 118 Å². The minimum atomic E-state index is -5.37. The molecule has 62 heavy (non-hydrogen) atoms. The summed E-state index contributed by atoms with van der Waals surface area (Å²) in [5.41, 5.74) is 2.86. The zero-order valence-corrected chi connectivity index (χ0v) is 45.6. The summed E-state index contributed by atoms with van der Waals surface area (Å²) in [6.45, 7) is -1.92. The average molecular weight is 1030 g/mol. The number of phenols is 1. The van der Waals surface area contributed by atoms with Crippen molar-refractivity contribution in [1.82, 2.24) is 0 Å². The topological polar surface area (TPSA) is 409 Å². The zero-order chi connectivity index (χ0) is 43.6. The third-order valence-corrected chi connectivity index (χ3v) is 13.3. The molecule has 0 aromatic heterocycles. The number of hydrogen-bond acceptors (Lipinski definition) is 21. The Balaban J connectivity index is 0.00000930. The standard InChI is InChI=1S/C27H27N5O20S6.4Na/c1-50-20-7-6-18(54(36,37)11-9-52-58(47,48)49)14-19(20)30-32-26-22(56(41,42)43)13-15-12-21(55(38,39)40)25(24(28)23(15)27(26)33)31-29-16-2-4-17(5-3-16)53(34,35)10-8-51-57(44,45)46;;;;/h2-7,12-14,33H,8-11,28H2,1H3,(H,38,39,40)(H,41,42,43)(H,44,45,46)(H,47,48,49);;;;. The predicted molar refractivity (Wildman–Crippen MR) is 220 cm³/mol. The van der Waals surface area contributed by atoms with Crippen molar-refractivity contribution in [3.63, 3.8) is 0 Å². The smallest absolute Gasteiger partial charge is 0.397 e. The van der Waals surface area contributed by atoms with Crippen molar-refractivity contribution in [2.75, 3.05) is 37.6 Å². The van der Waals surface area contributed by atoms with Crippen LogP contribution >= 0.6 is 0 Å². The van der Waals surface area contributed by atoms with Gasteiger partial charge in [-0.3, -0.25) is 18.2 Å². The fourth-order valence-corrected chi connectivity index (χ4v) is 9.03. The Morgan fingerprint density at radius 1 is 0.581 bits per heavy atom. The second-order valence-corrected chi connectivity index (χ2v) is 20.3. The molecular formula is C27H27N5Na4O20S6. The third-order valence-electron chi connectivity index (χ3n) is 7.27. The molecule has 0 bridgehead atoms. The van der Waals surface area contributed by atoms with E-state index in [1.54, 1.807) is 0 Å². The van der Waals surface area contributed by atoms with E-state index in [0.29, 0.717) is 12.1 Å². The van der Waals surface area contributed by atoms with Gasteiger partial charge in [0.15, 0.2) is 25.4 Å². The molecule has 0 aliphatic rings. The van der Waals surface area contributed by atoms with Gasteiger partial charge in [-0.05, 0) is 60.0 Å². The van der Waals surface area contributed by atoms with Gasteiger partial charge in [0.05, 0.1) is 58.4 Å². The second-order valence-electron chi connectivity index (χ2n) is 11.1. The number of nitrogens with two attached hydrogens (primary N) is 1. The number of aromatic hydroxyl groups is 1. The molecule has 7 N–H and O–H groups in total. The van der Waals surface area contributed by atoms with E-state index >= 15 is 0 Å². The first-order chi connectivity index (χ1) is 26.5. The van der Waals surface area contributed by atoms with E-state index in [1.165, 1.54) is 0 Å². The number of methoxy groups -OCH3 is 1. The van der Waals surface area contributed by atoms with Crippen LogP contribution in [-0.4, -0.2) is 224 Å². The Labute approximate surface area is 442 Å². The molecule has 4 aromatic rings. The molecule has 0 saturated carbocycles.